The molecule has 15 nitrogen and oxygen atoms in total. The van der Waals surface area contributed by atoms with Gasteiger partial charge >= 0.3 is 5.97 Å². The number of hydrogen-bond donors (Lipinski definition) is 7. The van der Waals surface area contributed by atoms with Crippen molar-refractivity contribution in [3.63, 3.8) is 0 Å². The number of aliphatic carboxylic acids is 1. The van der Waals surface area contributed by atoms with Gasteiger partial charge in [0.05, 0.1) is 6.04 Å². The number of unbranched alkanes of at least 4 members (excludes halogenated alkanes) is 2. The monoisotopic (exact) mass is 596 g/mol. The van der Waals surface area contributed by atoms with Gasteiger partial charge in [0.1, 0.15) is 24.2 Å². The zero-order valence-electron chi connectivity index (χ0n) is 24.3. The van der Waals surface area contributed by atoms with Crippen molar-refractivity contribution < 1.29 is 33.9 Å². The predicted molar refractivity (Wildman–Crippen MR) is 153 cm³/mol. The van der Waals surface area contributed by atoms with Crippen LogP contribution in [0, 0.1) is 0 Å². The lowest BCUT2D eigenvalue weighted by atomic mass is 10.0. The van der Waals surface area contributed by atoms with Gasteiger partial charge in [-0.05, 0) is 83.7 Å². The van der Waals surface area contributed by atoms with Gasteiger partial charge in [0, 0.05) is 19.5 Å². The van der Waals surface area contributed by atoms with Crippen molar-refractivity contribution in [3.8, 4) is 0 Å². The molecule has 0 aliphatic carbocycles. The Morgan fingerprint density at radius 3 is 1.86 bits per heavy atom. The van der Waals surface area contributed by atoms with E-state index in [0.717, 1.165) is 0 Å². The molecule has 0 aromatic carbocycles. The normalized spacial score (nSPS) is 20.5. The molecule has 5 unspecified atom stereocenters. The summed E-state index contributed by atoms with van der Waals surface area (Å²) in [6, 6.07) is -4.78. The molecule has 2 rings (SSSR count). The Balaban J connectivity index is 2.16. The SMILES string of the molecule is NCCCCC(NC(=O)C1CCCN1C(=O)C(N)CCC(N)=O)C(=O)NC(CCCCN)C(=O)N1CCCC1C(=O)O. The molecule has 42 heavy (non-hydrogen) atoms. The summed E-state index contributed by atoms with van der Waals surface area (Å²) in [6.45, 7) is 1.38. The number of primary amides is 1. The van der Waals surface area contributed by atoms with Crippen molar-refractivity contribution in [1.29, 1.82) is 0 Å². The van der Waals surface area contributed by atoms with E-state index in [4.69, 9.17) is 22.9 Å². The molecular formula is C27H48N8O7. The summed E-state index contributed by atoms with van der Waals surface area (Å²) in [5.74, 6) is -3.72. The molecule has 0 aromatic heterocycles. The molecule has 5 atom stereocenters. The van der Waals surface area contributed by atoms with E-state index in [1.165, 1.54) is 9.80 Å². The minimum atomic E-state index is -1.09. The number of rotatable bonds is 18. The van der Waals surface area contributed by atoms with Crippen LogP contribution in [0.2, 0.25) is 0 Å². The molecule has 0 bridgehead atoms. The standard InChI is InChI=1S/C27H48N8O7/c28-13-3-1-7-18(32-24(38)20-9-5-15-34(20)25(39)17(30)11-12-22(31)36)23(37)33-19(8-2-4-14-29)26(40)35-16-6-10-21(35)27(41)42/h17-21H,1-16,28-30H2,(H2,31,36)(H,32,38)(H,33,37)(H,41,42). The van der Waals surface area contributed by atoms with E-state index in [2.05, 4.69) is 10.6 Å². The summed E-state index contributed by atoms with van der Waals surface area (Å²) in [7, 11) is 0. The fourth-order valence-corrected chi connectivity index (χ4v) is 5.48. The Kier molecular flexibility index (Phi) is 14.6. The zero-order chi connectivity index (χ0) is 31.2. The molecule has 2 heterocycles. The first-order chi connectivity index (χ1) is 20.0. The lowest BCUT2D eigenvalue weighted by Gasteiger charge is -2.30. The smallest absolute Gasteiger partial charge is 0.326 e. The summed E-state index contributed by atoms with van der Waals surface area (Å²) in [4.78, 5) is 78.7. The highest BCUT2D eigenvalue weighted by Crippen LogP contribution is 2.21. The van der Waals surface area contributed by atoms with E-state index in [9.17, 15) is 33.9 Å². The van der Waals surface area contributed by atoms with Crippen LogP contribution in [0.3, 0.4) is 0 Å². The van der Waals surface area contributed by atoms with Gasteiger partial charge in [-0.25, -0.2) is 4.79 Å². The van der Waals surface area contributed by atoms with Crippen LogP contribution in [-0.4, -0.2) is 107 Å². The van der Waals surface area contributed by atoms with Crippen LogP contribution < -0.4 is 33.6 Å². The number of hydrogen-bond acceptors (Lipinski definition) is 9. The second-order valence-corrected chi connectivity index (χ2v) is 11.0. The molecule has 2 aliphatic rings. The first-order valence-corrected chi connectivity index (χ1v) is 14.9. The van der Waals surface area contributed by atoms with Crippen molar-refractivity contribution in [2.45, 2.75) is 107 Å². The molecule has 2 saturated heterocycles. The number of likely N-dealkylation sites (tertiary alicyclic amines) is 2. The van der Waals surface area contributed by atoms with Crippen LogP contribution in [0.15, 0.2) is 0 Å². The number of amides is 5. The van der Waals surface area contributed by atoms with E-state index in [1.54, 1.807) is 0 Å². The highest BCUT2D eigenvalue weighted by Gasteiger charge is 2.40. The van der Waals surface area contributed by atoms with Crippen molar-refractivity contribution in [2.75, 3.05) is 26.2 Å². The zero-order valence-corrected chi connectivity index (χ0v) is 24.3. The Bertz CT molecular complexity index is 965. The topological polar surface area (TPSA) is 257 Å². The summed E-state index contributed by atoms with van der Waals surface area (Å²) >= 11 is 0. The third kappa shape index (κ3) is 10.2. The highest BCUT2D eigenvalue weighted by atomic mass is 16.4. The Morgan fingerprint density at radius 1 is 0.762 bits per heavy atom. The fourth-order valence-electron chi connectivity index (χ4n) is 5.48. The van der Waals surface area contributed by atoms with Gasteiger partial charge in [-0.1, -0.05) is 0 Å². The number of nitrogens with one attached hydrogen (secondary N) is 2. The molecule has 2 aliphatic heterocycles. The first kappa shape index (κ1) is 34.9. The number of carbonyl (C=O) groups excluding carboxylic acids is 5. The Morgan fingerprint density at radius 2 is 1.31 bits per heavy atom. The van der Waals surface area contributed by atoms with Gasteiger partial charge in [0.15, 0.2) is 0 Å². The molecule has 5 amide bonds. The van der Waals surface area contributed by atoms with E-state index >= 15 is 0 Å². The largest absolute Gasteiger partial charge is 0.480 e. The average Bonchev–Trinajstić information content (AvgIpc) is 3.64. The quantitative estimate of drug-likeness (QED) is 0.0846. The van der Waals surface area contributed by atoms with Crippen LogP contribution in [0.4, 0.5) is 0 Å². The Hall–Kier alpha value is -3.30. The molecule has 0 aromatic rings. The van der Waals surface area contributed by atoms with E-state index in [0.29, 0.717) is 71.0 Å². The van der Waals surface area contributed by atoms with Gasteiger partial charge in [0.25, 0.3) is 0 Å². The summed E-state index contributed by atoms with van der Waals surface area (Å²) < 4.78 is 0. The van der Waals surface area contributed by atoms with E-state index < -0.39 is 65.7 Å². The molecule has 11 N–H and O–H groups in total. The molecular weight excluding hydrogens is 548 g/mol. The van der Waals surface area contributed by atoms with Crippen LogP contribution in [-0.2, 0) is 28.8 Å². The summed E-state index contributed by atoms with van der Waals surface area (Å²) in [5.41, 5.74) is 22.4. The van der Waals surface area contributed by atoms with Crippen molar-refractivity contribution in [3.05, 3.63) is 0 Å². The molecule has 2 fully saturated rings. The number of nitrogens with zero attached hydrogens (tertiary/aromatic N) is 2. The van der Waals surface area contributed by atoms with Gasteiger partial charge in [-0.2, -0.15) is 0 Å². The van der Waals surface area contributed by atoms with Crippen molar-refractivity contribution >= 4 is 35.5 Å². The van der Waals surface area contributed by atoms with Gasteiger partial charge in [-0.3, -0.25) is 24.0 Å². The molecule has 238 valence electrons. The average molecular weight is 597 g/mol. The van der Waals surface area contributed by atoms with Crippen LogP contribution in [0.5, 0.6) is 0 Å². The lowest BCUT2D eigenvalue weighted by molar-refractivity contribution is -0.149. The maximum absolute atomic E-state index is 13.5. The third-order valence-electron chi connectivity index (χ3n) is 7.82. The van der Waals surface area contributed by atoms with Crippen LogP contribution >= 0.6 is 0 Å². The van der Waals surface area contributed by atoms with E-state index in [1.807, 2.05) is 0 Å². The van der Waals surface area contributed by atoms with E-state index in [-0.39, 0.29) is 32.2 Å². The maximum Gasteiger partial charge on any atom is 0.326 e. The summed E-state index contributed by atoms with van der Waals surface area (Å²) in [6.07, 6.45) is 4.63. The number of carboxylic acids is 1. The second-order valence-electron chi connectivity index (χ2n) is 11.0. The van der Waals surface area contributed by atoms with Crippen LogP contribution in [0.1, 0.15) is 77.0 Å². The number of carbonyl (C=O) groups is 6. The van der Waals surface area contributed by atoms with Crippen LogP contribution in [0.25, 0.3) is 0 Å². The number of nitrogens with two attached hydrogens (primary N) is 4. The summed E-state index contributed by atoms with van der Waals surface area (Å²) in [5, 5.41) is 15.1. The van der Waals surface area contributed by atoms with Gasteiger partial charge in [-0.15, -0.1) is 0 Å². The Labute approximate surface area is 246 Å². The minimum absolute atomic E-state index is 0.0580. The molecule has 15 heteroatoms. The first-order valence-electron chi connectivity index (χ1n) is 14.9. The maximum atomic E-state index is 13.5. The molecule has 0 radical (unpaired) electrons. The lowest BCUT2D eigenvalue weighted by Crippen LogP contribution is -2.58. The molecule has 0 spiro atoms. The minimum Gasteiger partial charge on any atom is -0.480 e. The van der Waals surface area contributed by atoms with Gasteiger partial charge < -0.3 is 48.5 Å². The highest BCUT2D eigenvalue weighted by molar-refractivity contribution is 5.95. The third-order valence-corrected chi connectivity index (χ3v) is 7.82. The number of carboxylic acid groups (broad SMARTS) is 1. The van der Waals surface area contributed by atoms with Crippen molar-refractivity contribution in [2.24, 2.45) is 22.9 Å². The fraction of sp³-hybridized carbons (Fsp3) is 0.778. The van der Waals surface area contributed by atoms with Crippen molar-refractivity contribution in [1.82, 2.24) is 20.4 Å². The predicted octanol–water partition coefficient (Wildman–Crippen LogP) is -2.13. The molecule has 0 saturated carbocycles. The van der Waals surface area contributed by atoms with Gasteiger partial charge in [0.2, 0.25) is 29.5 Å². The second kappa shape index (κ2) is 17.6.